The summed E-state index contributed by atoms with van der Waals surface area (Å²) in [4.78, 5) is 0. The summed E-state index contributed by atoms with van der Waals surface area (Å²) in [5, 5.41) is 5.13. The standard InChI is InChI=1S/C18H22N2/c1-4-14-10-9-12-16-15-11-7-8-13-17(15)20(18(14)16)19(5-2)6-3/h7-13H,4-6H2,1-3H3. The highest BCUT2D eigenvalue weighted by molar-refractivity contribution is 6.09. The molecule has 1 heterocycles. The molecular formula is C18H22N2. The van der Waals surface area contributed by atoms with Gasteiger partial charge in [0.25, 0.3) is 0 Å². The summed E-state index contributed by atoms with van der Waals surface area (Å²) in [5.41, 5.74) is 4.11. The van der Waals surface area contributed by atoms with E-state index in [9.17, 15) is 0 Å². The number of hydrogen-bond donors (Lipinski definition) is 0. The number of benzene rings is 2. The zero-order valence-corrected chi connectivity index (χ0v) is 12.6. The zero-order valence-electron chi connectivity index (χ0n) is 12.6. The van der Waals surface area contributed by atoms with Crippen LogP contribution in [-0.4, -0.2) is 17.8 Å². The molecule has 1 aromatic heterocycles. The molecule has 0 N–H and O–H groups in total. The first-order valence-corrected chi connectivity index (χ1v) is 7.58. The zero-order chi connectivity index (χ0) is 14.1. The van der Waals surface area contributed by atoms with Crippen molar-refractivity contribution in [1.29, 1.82) is 0 Å². The van der Waals surface area contributed by atoms with E-state index in [-0.39, 0.29) is 0 Å². The average Bonchev–Trinajstić information content (AvgIpc) is 2.84. The molecule has 20 heavy (non-hydrogen) atoms. The highest BCUT2D eigenvalue weighted by atomic mass is 15.5. The van der Waals surface area contributed by atoms with Gasteiger partial charge < -0.3 is 5.01 Å². The number of rotatable bonds is 4. The van der Waals surface area contributed by atoms with Crippen molar-refractivity contribution in [2.75, 3.05) is 18.1 Å². The lowest BCUT2D eigenvalue weighted by atomic mass is 10.1. The summed E-state index contributed by atoms with van der Waals surface area (Å²) in [6.07, 6.45) is 1.06. The van der Waals surface area contributed by atoms with E-state index >= 15 is 0 Å². The SMILES string of the molecule is CCc1cccc2c3ccccc3n(N(CC)CC)c12. The number of aromatic nitrogens is 1. The van der Waals surface area contributed by atoms with Crippen molar-refractivity contribution in [3.8, 4) is 0 Å². The first kappa shape index (κ1) is 13.0. The fourth-order valence-corrected chi connectivity index (χ4v) is 3.15. The molecule has 104 valence electrons. The second-order valence-electron chi connectivity index (χ2n) is 5.13. The molecule has 2 aromatic carbocycles. The summed E-state index contributed by atoms with van der Waals surface area (Å²) in [5.74, 6) is 0. The van der Waals surface area contributed by atoms with Gasteiger partial charge in [-0.3, -0.25) is 4.68 Å². The molecule has 0 spiro atoms. The van der Waals surface area contributed by atoms with Crippen LogP contribution in [0, 0.1) is 0 Å². The molecule has 0 fully saturated rings. The van der Waals surface area contributed by atoms with Gasteiger partial charge in [0.05, 0.1) is 11.0 Å². The van der Waals surface area contributed by atoms with Crippen LogP contribution in [0.15, 0.2) is 42.5 Å². The van der Waals surface area contributed by atoms with Crippen LogP contribution in [0.5, 0.6) is 0 Å². The molecule has 0 unspecified atom stereocenters. The molecule has 0 radical (unpaired) electrons. The van der Waals surface area contributed by atoms with Crippen LogP contribution >= 0.6 is 0 Å². The van der Waals surface area contributed by atoms with Gasteiger partial charge in [0, 0.05) is 23.9 Å². The number of fused-ring (bicyclic) bond motifs is 3. The fourth-order valence-electron chi connectivity index (χ4n) is 3.15. The van der Waals surface area contributed by atoms with Crippen LogP contribution in [0.1, 0.15) is 26.3 Å². The minimum absolute atomic E-state index is 1.02. The Hall–Kier alpha value is -1.96. The Bertz CT molecular complexity index is 736. The maximum absolute atomic E-state index is 2.42. The van der Waals surface area contributed by atoms with Crippen LogP contribution < -0.4 is 5.01 Å². The number of para-hydroxylation sites is 2. The van der Waals surface area contributed by atoms with E-state index in [1.807, 2.05) is 0 Å². The predicted molar refractivity (Wildman–Crippen MR) is 88.1 cm³/mol. The van der Waals surface area contributed by atoms with E-state index in [0.29, 0.717) is 0 Å². The monoisotopic (exact) mass is 266 g/mol. The van der Waals surface area contributed by atoms with Crippen LogP contribution in [0.3, 0.4) is 0 Å². The minimum Gasteiger partial charge on any atom is -0.313 e. The minimum atomic E-state index is 1.02. The lowest BCUT2D eigenvalue weighted by Gasteiger charge is -2.25. The molecule has 0 saturated carbocycles. The summed E-state index contributed by atoms with van der Waals surface area (Å²) < 4.78 is 2.42. The molecule has 3 rings (SSSR count). The normalized spacial score (nSPS) is 11.3. The van der Waals surface area contributed by atoms with Gasteiger partial charge >= 0.3 is 0 Å². The van der Waals surface area contributed by atoms with E-state index in [1.54, 1.807) is 0 Å². The Balaban J connectivity index is 2.49. The highest BCUT2D eigenvalue weighted by Crippen LogP contribution is 2.31. The third-order valence-corrected chi connectivity index (χ3v) is 4.15. The lowest BCUT2D eigenvalue weighted by Crippen LogP contribution is -2.33. The number of hydrogen-bond acceptors (Lipinski definition) is 1. The molecule has 0 amide bonds. The van der Waals surface area contributed by atoms with E-state index < -0.39 is 0 Å². The lowest BCUT2D eigenvalue weighted by molar-refractivity contribution is 0.655. The van der Waals surface area contributed by atoms with Crippen molar-refractivity contribution in [1.82, 2.24) is 4.68 Å². The first-order chi connectivity index (χ1) is 9.81. The summed E-state index contributed by atoms with van der Waals surface area (Å²) in [6.45, 7) is 8.71. The molecule has 0 aliphatic rings. The maximum atomic E-state index is 2.42. The molecule has 3 aromatic rings. The van der Waals surface area contributed by atoms with Crippen LogP contribution in [-0.2, 0) is 6.42 Å². The van der Waals surface area contributed by atoms with Crippen LogP contribution in [0.4, 0.5) is 0 Å². The van der Waals surface area contributed by atoms with Crippen molar-refractivity contribution in [3.63, 3.8) is 0 Å². The quantitative estimate of drug-likeness (QED) is 0.682. The van der Waals surface area contributed by atoms with Gasteiger partial charge in [-0.05, 0) is 31.9 Å². The van der Waals surface area contributed by atoms with Crippen molar-refractivity contribution < 1.29 is 0 Å². The third-order valence-electron chi connectivity index (χ3n) is 4.15. The van der Waals surface area contributed by atoms with Crippen molar-refractivity contribution >= 4 is 21.8 Å². The molecule has 0 aliphatic heterocycles. The Morgan fingerprint density at radius 3 is 2.25 bits per heavy atom. The molecule has 0 bridgehead atoms. The Morgan fingerprint density at radius 1 is 0.850 bits per heavy atom. The van der Waals surface area contributed by atoms with Crippen LogP contribution in [0.25, 0.3) is 21.8 Å². The predicted octanol–water partition coefficient (Wildman–Crippen LogP) is 4.33. The molecule has 2 nitrogen and oxygen atoms in total. The Morgan fingerprint density at radius 2 is 1.55 bits per heavy atom. The van der Waals surface area contributed by atoms with Gasteiger partial charge in [0.2, 0.25) is 0 Å². The smallest absolute Gasteiger partial charge is 0.0740 e. The number of aryl methyl sites for hydroxylation is 1. The Labute approximate surface area is 120 Å². The van der Waals surface area contributed by atoms with Crippen molar-refractivity contribution in [3.05, 3.63) is 48.0 Å². The summed E-state index contributed by atoms with van der Waals surface area (Å²) >= 11 is 0. The second kappa shape index (κ2) is 5.20. The van der Waals surface area contributed by atoms with Crippen molar-refractivity contribution in [2.45, 2.75) is 27.2 Å². The van der Waals surface area contributed by atoms with Gasteiger partial charge in [-0.15, -0.1) is 0 Å². The third kappa shape index (κ3) is 1.79. The van der Waals surface area contributed by atoms with E-state index in [4.69, 9.17) is 0 Å². The molecule has 0 aliphatic carbocycles. The van der Waals surface area contributed by atoms with E-state index in [1.165, 1.54) is 27.4 Å². The summed E-state index contributed by atoms with van der Waals surface area (Å²) in [6, 6.07) is 15.4. The second-order valence-corrected chi connectivity index (χ2v) is 5.13. The first-order valence-electron chi connectivity index (χ1n) is 7.58. The van der Waals surface area contributed by atoms with E-state index in [0.717, 1.165) is 19.5 Å². The van der Waals surface area contributed by atoms with Gasteiger partial charge in [-0.2, -0.15) is 0 Å². The Kier molecular flexibility index (Phi) is 3.39. The van der Waals surface area contributed by atoms with Gasteiger partial charge in [-0.1, -0.05) is 43.3 Å². The molecule has 0 saturated heterocycles. The topological polar surface area (TPSA) is 8.17 Å². The van der Waals surface area contributed by atoms with E-state index in [2.05, 4.69) is 72.9 Å². The van der Waals surface area contributed by atoms with Gasteiger partial charge in [0.15, 0.2) is 0 Å². The number of nitrogens with zero attached hydrogens (tertiary/aromatic N) is 2. The van der Waals surface area contributed by atoms with Gasteiger partial charge in [0.1, 0.15) is 0 Å². The van der Waals surface area contributed by atoms with Crippen molar-refractivity contribution in [2.24, 2.45) is 0 Å². The fraction of sp³-hybridized carbons (Fsp3) is 0.333. The highest BCUT2D eigenvalue weighted by Gasteiger charge is 2.15. The average molecular weight is 266 g/mol. The summed E-state index contributed by atoms with van der Waals surface area (Å²) in [7, 11) is 0. The van der Waals surface area contributed by atoms with Crippen LogP contribution in [0.2, 0.25) is 0 Å². The molecule has 2 heteroatoms. The molecule has 0 atom stereocenters. The molecular weight excluding hydrogens is 244 g/mol. The maximum Gasteiger partial charge on any atom is 0.0740 e. The van der Waals surface area contributed by atoms with Gasteiger partial charge in [-0.25, -0.2) is 0 Å². The largest absolute Gasteiger partial charge is 0.313 e.